The maximum absolute atomic E-state index is 11.0. The molecule has 0 aliphatic heterocycles. The van der Waals surface area contributed by atoms with Gasteiger partial charge in [0.15, 0.2) is 0 Å². The second-order valence-electron chi connectivity index (χ2n) is 5.31. The highest BCUT2D eigenvalue weighted by atomic mass is 32.2. The zero-order valence-corrected chi connectivity index (χ0v) is 12.0. The maximum atomic E-state index is 11.0. The molecule has 0 aromatic heterocycles. The first-order chi connectivity index (χ1) is 8.06. The normalized spacial score (nSPS) is 14.3. The number of hydrogen-bond acceptors (Lipinski definition) is 4. The van der Waals surface area contributed by atoms with Crippen LogP contribution in [0.25, 0.3) is 0 Å². The molecular formula is C11H23NO5S. The largest absolute Gasteiger partial charge is 0.396 e. The topological polar surface area (TPSA) is 104 Å². The van der Waals surface area contributed by atoms with Crippen molar-refractivity contribution in [3.8, 4) is 0 Å². The van der Waals surface area contributed by atoms with E-state index >= 15 is 0 Å². The van der Waals surface area contributed by atoms with E-state index in [-0.39, 0.29) is 36.1 Å². The molecule has 7 heteroatoms. The molecule has 0 radical (unpaired) electrons. The number of rotatable bonds is 8. The highest BCUT2D eigenvalue weighted by Gasteiger charge is 2.24. The lowest BCUT2D eigenvalue weighted by Gasteiger charge is -2.29. The Bertz CT molecular complexity index is 364. The van der Waals surface area contributed by atoms with Gasteiger partial charge >= 0.3 is 0 Å². The van der Waals surface area contributed by atoms with Crippen LogP contribution in [0.4, 0.5) is 0 Å². The first kappa shape index (κ1) is 17.3. The molecule has 0 fully saturated rings. The van der Waals surface area contributed by atoms with E-state index in [2.05, 4.69) is 5.32 Å². The summed E-state index contributed by atoms with van der Waals surface area (Å²) in [4.78, 5) is 11.0. The molecule has 108 valence electrons. The van der Waals surface area contributed by atoms with Crippen molar-refractivity contribution in [2.24, 2.45) is 5.41 Å². The molecule has 0 saturated heterocycles. The fraction of sp³-hybridized carbons (Fsp3) is 0.909. The van der Waals surface area contributed by atoms with Crippen LogP contribution in [0.2, 0.25) is 0 Å². The average molecular weight is 281 g/mol. The van der Waals surface area contributed by atoms with E-state index in [1.807, 2.05) is 13.8 Å². The Morgan fingerprint density at radius 2 is 1.94 bits per heavy atom. The summed E-state index contributed by atoms with van der Waals surface area (Å²) in [5.41, 5.74) is -0.207. The number of nitrogens with one attached hydrogen (secondary N) is 1. The minimum atomic E-state index is -4.02. The van der Waals surface area contributed by atoms with Crippen molar-refractivity contribution < 1.29 is 22.9 Å². The van der Waals surface area contributed by atoms with Gasteiger partial charge in [-0.15, -0.1) is 0 Å². The second kappa shape index (κ2) is 7.06. The minimum absolute atomic E-state index is 0.0398. The highest BCUT2D eigenvalue weighted by molar-refractivity contribution is 7.85. The Hall–Kier alpha value is -0.660. The van der Waals surface area contributed by atoms with E-state index in [1.54, 1.807) is 0 Å². The lowest BCUT2D eigenvalue weighted by atomic mass is 9.82. The van der Waals surface area contributed by atoms with Gasteiger partial charge in [0.1, 0.15) is 0 Å². The summed E-state index contributed by atoms with van der Waals surface area (Å²) in [7, 11) is -4.02. The fourth-order valence-electron chi connectivity index (χ4n) is 1.88. The van der Waals surface area contributed by atoms with Gasteiger partial charge in [-0.3, -0.25) is 9.35 Å². The third-order valence-corrected chi connectivity index (χ3v) is 3.47. The fourth-order valence-corrected chi connectivity index (χ4v) is 2.46. The van der Waals surface area contributed by atoms with Gasteiger partial charge in [0.05, 0.1) is 5.75 Å². The van der Waals surface area contributed by atoms with E-state index in [4.69, 9.17) is 9.66 Å². The van der Waals surface area contributed by atoms with Crippen molar-refractivity contribution >= 4 is 16.0 Å². The summed E-state index contributed by atoms with van der Waals surface area (Å²) in [6.07, 6.45) is 1.27. The van der Waals surface area contributed by atoms with Gasteiger partial charge in [0, 0.05) is 19.6 Å². The number of carbonyl (C=O) groups is 1. The molecule has 0 aromatic rings. The zero-order valence-electron chi connectivity index (χ0n) is 11.1. The van der Waals surface area contributed by atoms with Crippen LogP contribution in [0, 0.1) is 5.41 Å². The number of hydrogen-bond donors (Lipinski definition) is 3. The predicted molar refractivity (Wildman–Crippen MR) is 68.7 cm³/mol. The van der Waals surface area contributed by atoms with E-state index in [0.717, 1.165) is 0 Å². The number of aliphatic hydroxyl groups excluding tert-OH is 1. The van der Waals surface area contributed by atoms with Gasteiger partial charge in [0.2, 0.25) is 5.91 Å². The SMILES string of the molecule is CC(=O)NC(CCS(=O)(=O)O)CC(C)(C)CCO. The second-order valence-corrected chi connectivity index (χ2v) is 6.89. The summed E-state index contributed by atoms with van der Waals surface area (Å²) in [6.45, 7) is 5.27. The summed E-state index contributed by atoms with van der Waals surface area (Å²) in [5.74, 6) is -0.622. The van der Waals surface area contributed by atoms with Crippen LogP contribution in [-0.4, -0.2) is 42.4 Å². The van der Waals surface area contributed by atoms with Gasteiger partial charge in [-0.1, -0.05) is 13.8 Å². The molecular weight excluding hydrogens is 258 g/mol. The number of carbonyl (C=O) groups excluding carboxylic acids is 1. The molecule has 1 unspecified atom stereocenters. The van der Waals surface area contributed by atoms with Crippen LogP contribution in [0.3, 0.4) is 0 Å². The van der Waals surface area contributed by atoms with Crippen LogP contribution in [0.15, 0.2) is 0 Å². The molecule has 0 saturated carbocycles. The molecule has 0 bridgehead atoms. The summed E-state index contributed by atoms with van der Waals surface area (Å²) in [6, 6.07) is -0.328. The Morgan fingerprint density at radius 1 is 1.39 bits per heavy atom. The minimum Gasteiger partial charge on any atom is -0.396 e. The van der Waals surface area contributed by atoms with Crippen molar-refractivity contribution in [2.75, 3.05) is 12.4 Å². The van der Waals surface area contributed by atoms with Crippen molar-refractivity contribution in [1.82, 2.24) is 5.32 Å². The molecule has 0 aromatic carbocycles. The van der Waals surface area contributed by atoms with Crippen molar-refractivity contribution in [1.29, 1.82) is 0 Å². The Labute approximate surface area is 109 Å². The molecule has 1 atom stereocenters. The summed E-state index contributed by atoms with van der Waals surface area (Å²) >= 11 is 0. The zero-order chi connectivity index (χ0) is 14.4. The van der Waals surface area contributed by atoms with Crippen LogP contribution in [0.1, 0.15) is 40.0 Å². The van der Waals surface area contributed by atoms with Gasteiger partial charge < -0.3 is 10.4 Å². The lowest BCUT2D eigenvalue weighted by Crippen LogP contribution is -2.38. The van der Waals surface area contributed by atoms with Gasteiger partial charge in [-0.2, -0.15) is 8.42 Å². The maximum Gasteiger partial charge on any atom is 0.264 e. The van der Waals surface area contributed by atoms with Crippen molar-refractivity contribution in [3.63, 3.8) is 0 Å². The number of aliphatic hydroxyl groups is 1. The highest BCUT2D eigenvalue weighted by Crippen LogP contribution is 2.27. The standard InChI is InChI=1S/C11H23NO5S/c1-9(14)12-10(4-7-18(15,16)17)8-11(2,3)5-6-13/h10,13H,4-8H2,1-3H3,(H,12,14)(H,15,16,17). The number of amides is 1. The Balaban J connectivity index is 4.53. The average Bonchev–Trinajstić information content (AvgIpc) is 2.11. The van der Waals surface area contributed by atoms with Crippen molar-refractivity contribution in [2.45, 2.75) is 46.1 Å². The third kappa shape index (κ3) is 9.38. The van der Waals surface area contributed by atoms with Crippen LogP contribution in [0.5, 0.6) is 0 Å². The van der Waals surface area contributed by atoms with Crippen LogP contribution < -0.4 is 5.32 Å². The quantitative estimate of drug-likeness (QED) is 0.564. The molecule has 6 nitrogen and oxygen atoms in total. The molecule has 0 aliphatic rings. The first-order valence-electron chi connectivity index (χ1n) is 5.89. The van der Waals surface area contributed by atoms with Gasteiger partial charge in [-0.25, -0.2) is 0 Å². The summed E-state index contributed by atoms with van der Waals surface area (Å²) in [5, 5.41) is 11.6. The molecule has 0 rings (SSSR count). The van der Waals surface area contributed by atoms with Gasteiger partial charge in [-0.05, 0) is 24.7 Å². The van der Waals surface area contributed by atoms with Gasteiger partial charge in [0.25, 0.3) is 10.1 Å². The first-order valence-corrected chi connectivity index (χ1v) is 7.50. The Morgan fingerprint density at radius 3 is 2.33 bits per heavy atom. The monoisotopic (exact) mass is 281 g/mol. The molecule has 0 heterocycles. The van der Waals surface area contributed by atoms with E-state index in [1.165, 1.54) is 6.92 Å². The summed E-state index contributed by atoms with van der Waals surface area (Å²) < 4.78 is 30.2. The molecule has 18 heavy (non-hydrogen) atoms. The molecule has 3 N–H and O–H groups in total. The molecule has 0 spiro atoms. The molecule has 1 amide bonds. The van der Waals surface area contributed by atoms with E-state index in [9.17, 15) is 13.2 Å². The van der Waals surface area contributed by atoms with E-state index in [0.29, 0.717) is 12.8 Å². The van der Waals surface area contributed by atoms with Crippen molar-refractivity contribution in [3.05, 3.63) is 0 Å². The molecule has 0 aliphatic carbocycles. The predicted octanol–water partition coefficient (Wildman–Crippen LogP) is 0.568. The Kier molecular flexibility index (Phi) is 6.80. The lowest BCUT2D eigenvalue weighted by molar-refractivity contribution is -0.119. The van der Waals surface area contributed by atoms with E-state index < -0.39 is 10.1 Å². The smallest absolute Gasteiger partial charge is 0.264 e. The van der Waals surface area contributed by atoms with Crippen LogP contribution in [-0.2, 0) is 14.9 Å². The van der Waals surface area contributed by atoms with Crippen LogP contribution >= 0.6 is 0 Å². The third-order valence-electron chi connectivity index (χ3n) is 2.72.